The minimum Gasteiger partial charge on any atom is -0.493 e. The molecule has 1 aromatic heterocycles. The van der Waals surface area contributed by atoms with Gasteiger partial charge in [-0.3, -0.25) is 4.79 Å². The number of sulfone groups is 1. The maximum atomic E-state index is 12.7. The molecule has 3 rings (SSSR count). The number of methoxy groups -OCH3 is 1. The summed E-state index contributed by atoms with van der Waals surface area (Å²) in [6.07, 6.45) is 0.561. The summed E-state index contributed by atoms with van der Waals surface area (Å²) in [5.41, 5.74) is 2.57. The number of benzene rings is 1. The Morgan fingerprint density at radius 1 is 1.29 bits per heavy atom. The smallest absolute Gasteiger partial charge is 0.202 e. The minimum atomic E-state index is -3.02. The van der Waals surface area contributed by atoms with Crippen molar-refractivity contribution >= 4 is 15.6 Å². The molecule has 1 aliphatic heterocycles. The Bertz CT molecular complexity index is 1060. The molecule has 0 bridgehead atoms. The number of aryl methyl sites for hydroxylation is 1. The van der Waals surface area contributed by atoms with Crippen molar-refractivity contribution in [3.05, 3.63) is 46.8 Å². The summed E-state index contributed by atoms with van der Waals surface area (Å²) in [7, 11) is -1.55. The highest BCUT2D eigenvalue weighted by Gasteiger charge is 2.31. The highest BCUT2D eigenvalue weighted by Crippen LogP contribution is 2.30. The average molecular weight is 402 g/mol. The lowest BCUT2D eigenvalue weighted by Crippen LogP contribution is -2.16. The van der Waals surface area contributed by atoms with Crippen LogP contribution >= 0.6 is 0 Å². The van der Waals surface area contributed by atoms with Gasteiger partial charge in [0, 0.05) is 29.1 Å². The van der Waals surface area contributed by atoms with Crippen LogP contribution in [0.1, 0.15) is 39.8 Å². The molecule has 8 heteroatoms. The molecule has 1 fully saturated rings. The van der Waals surface area contributed by atoms with Crippen LogP contribution in [0, 0.1) is 25.2 Å². The van der Waals surface area contributed by atoms with E-state index in [2.05, 4.69) is 0 Å². The third-order valence-electron chi connectivity index (χ3n) is 5.01. The van der Waals surface area contributed by atoms with Crippen LogP contribution < -0.4 is 9.47 Å². The Hall–Kier alpha value is -2.79. The second-order valence-corrected chi connectivity index (χ2v) is 9.13. The number of carbonyl (C=O) groups excluding carboxylic acids is 1. The first kappa shape index (κ1) is 20.0. The molecule has 1 aliphatic rings. The standard InChI is InChI=1S/C20H22N2O5S/c1-13-8-17(14(2)22(13)16-6-7-28(24,25)12-16)18(23)11-27-19-5-4-15(10-21)9-20(19)26-3/h4-5,8-9,16H,6-7,11-12H2,1-3H3/t16-/m0/s1. The second-order valence-electron chi connectivity index (χ2n) is 6.90. The van der Waals surface area contributed by atoms with Crippen molar-refractivity contribution in [1.29, 1.82) is 5.26 Å². The number of ether oxygens (including phenoxy) is 2. The largest absolute Gasteiger partial charge is 0.493 e. The highest BCUT2D eigenvalue weighted by atomic mass is 32.2. The summed E-state index contributed by atoms with van der Waals surface area (Å²) in [4.78, 5) is 12.7. The average Bonchev–Trinajstić information content (AvgIpc) is 3.17. The Kier molecular flexibility index (Phi) is 5.47. The zero-order valence-corrected chi connectivity index (χ0v) is 16.9. The highest BCUT2D eigenvalue weighted by molar-refractivity contribution is 7.91. The molecular formula is C20H22N2O5S. The molecule has 2 aromatic rings. The van der Waals surface area contributed by atoms with E-state index in [4.69, 9.17) is 14.7 Å². The third-order valence-corrected chi connectivity index (χ3v) is 6.76. The maximum Gasteiger partial charge on any atom is 0.202 e. The topological polar surface area (TPSA) is 98.4 Å². The van der Waals surface area contributed by atoms with Gasteiger partial charge in [-0.05, 0) is 38.5 Å². The predicted molar refractivity (Wildman–Crippen MR) is 104 cm³/mol. The molecule has 0 saturated carbocycles. The van der Waals surface area contributed by atoms with E-state index in [1.807, 2.05) is 24.5 Å². The summed E-state index contributed by atoms with van der Waals surface area (Å²) >= 11 is 0. The van der Waals surface area contributed by atoms with Gasteiger partial charge in [0.1, 0.15) is 0 Å². The van der Waals surface area contributed by atoms with Gasteiger partial charge in [0.05, 0.1) is 30.2 Å². The summed E-state index contributed by atoms with van der Waals surface area (Å²) in [6.45, 7) is 3.52. The zero-order valence-electron chi connectivity index (χ0n) is 16.1. The molecule has 1 saturated heterocycles. The molecular weight excluding hydrogens is 380 g/mol. The van der Waals surface area contributed by atoms with E-state index in [1.165, 1.54) is 7.11 Å². The molecule has 0 N–H and O–H groups in total. The normalized spacial score (nSPS) is 17.9. The van der Waals surface area contributed by atoms with Gasteiger partial charge in [-0.25, -0.2) is 8.42 Å². The van der Waals surface area contributed by atoms with E-state index in [9.17, 15) is 13.2 Å². The van der Waals surface area contributed by atoms with Crippen LogP contribution in [0.5, 0.6) is 11.5 Å². The van der Waals surface area contributed by atoms with E-state index < -0.39 is 9.84 Å². The van der Waals surface area contributed by atoms with Crippen LogP contribution in [-0.2, 0) is 9.84 Å². The van der Waals surface area contributed by atoms with Crippen LogP contribution in [-0.4, -0.2) is 44.0 Å². The summed E-state index contributed by atoms with van der Waals surface area (Å²) < 4.78 is 36.4. The molecule has 28 heavy (non-hydrogen) atoms. The quantitative estimate of drug-likeness (QED) is 0.689. The van der Waals surface area contributed by atoms with E-state index in [1.54, 1.807) is 24.3 Å². The molecule has 2 heterocycles. The first-order valence-electron chi connectivity index (χ1n) is 8.88. The summed E-state index contributed by atoms with van der Waals surface area (Å²) in [6, 6.07) is 8.40. The molecule has 0 amide bonds. The van der Waals surface area contributed by atoms with Crippen LogP contribution in [0.3, 0.4) is 0 Å². The number of rotatable bonds is 6. The monoisotopic (exact) mass is 402 g/mol. The van der Waals surface area contributed by atoms with Crippen LogP contribution in [0.4, 0.5) is 0 Å². The SMILES string of the molecule is COc1cc(C#N)ccc1OCC(=O)c1cc(C)n([C@H]2CCS(=O)(=O)C2)c1C. The Morgan fingerprint density at radius 2 is 2.04 bits per heavy atom. The third kappa shape index (κ3) is 3.90. The number of hydrogen-bond acceptors (Lipinski definition) is 6. The molecule has 148 valence electrons. The first-order valence-corrected chi connectivity index (χ1v) is 10.7. The Balaban J connectivity index is 1.77. The molecule has 0 unspecified atom stereocenters. The van der Waals surface area contributed by atoms with E-state index in [0.29, 0.717) is 29.0 Å². The fraction of sp³-hybridized carbons (Fsp3) is 0.400. The van der Waals surface area contributed by atoms with Crippen LogP contribution in [0.25, 0.3) is 0 Å². The lowest BCUT2D eigenvalue weighted by Gasteiger charge is -2.16. The van der Waals surface area contributed by atoms with Gasteiger partial charge < -0.3 is 14.0 Å². The van der Waals surface area contributed by atoms with Crippen molar-refractivity contribution < 1.29 is 22.7 Å². The van der Waals surface area contributed by atoms with Gasteiger partial charge in [-0.2, -0.15) is 5.26 Å². The molecule has 1 atom stereocenters. The van der Waals surface area contributed by atoms with Gasteiger partial charge in [0.2, 0.25) is 5.78 Å². The van der Waals surface area contributed by atoms with E-state index in [-0.39, 0.29) is 29.9 Å². The van der Waals surface area contributed by atoms with Crippen LogP contribution in [0.2, 0.25) is 0 Å². The Morgan fingerprint density at radius 3 is 2.64 bits per heavy atom. The van der Waals surface area contributed by atoms with Crippen molar-refractivity contribution in [2.75, 3.05) is 25.2 Å². The van der Waals surface area contributed by atoms with Gasteiger partial charge in [-0.1, -0.05) is 0 Å². The number of hydrogen-bond donors (Lipinski definition) is 0. The maximum absolute atomic E-state index is 12.7. The lowest BCUT2D eigenvalue weighted by atomic mass is 10.1. The number of ketones is 1. The summed E-state index contributed by atoms with van der Waals surface area (Å²) in [5.74, 6) is 0.848. The van der Waals surface area contributed by atoms with Crippen molar-refractivity contribution in [2.45, 2.75) is 26.3 Å². The fourth-order valence-electron chi connectivity index (χ4n) is 3.68. The van der Waals surface area contributed by atoms with Gasteiger partial charge >= 0.3 is 0 Å². The van der Waals surface area contributed by atoms with E-state index in [0.717, 1.165) is 11.4 Å². The molecule has 0 radical (unpaired) electrons. The lowest BCUT2D eigenvalue weighted by molar-refractivity contribution is 0.0918. The van der Waals surface area contributed by atoms with Crippen LogP contribution in [0.15, 0.2) is 24.3 Å². The van der Waals surface area contributed by atoms with Crippen molar-refractivity contribution in [1.82, 2.24) is 4.57 Å². The molecule has 0 spiro atoms. The number of Topliss-reactive ketones (excluding diaryl/α,β-unsaturated/α-hetero) is 1. The number of aromatic nitrogens is 1. The first-order chi connectivity index (χ1) is 13.3. The second kappa shape index (κ2) is 7.68. The Labute approximate surface area is 164 Å². The van der Waals surface area contributed by atoms with Gasteiger partial charge in [0.25, 0.3) is 0 Å². The van der Waals surface area contributed by atoms with E-state index >= 15 is 0 Å². The fourth-order valence-corrected chi connectivity index (χ4v) is 5.38. The number of nitriles is 1. The number of nitrogens with zero attached hydrogens (tertiary/aromatic N) is 2. The van der Waals surface area contributed by atoms with Gasteiger partial charge in [0.15, 0.2) is 27.9 Å². The molecule has 1 aromatic carbocycles. The van der Waals surface area contributed by atoms with Crippen molar-refractivity contribution in [3.8, 4) is 17.6 Å². The minimum absolute atomic E-state index is 0.107. The molecule has 0 aliphatic carbocycles. The van der Waals surface area contributed by atoms with Crippen molar-refractivity contribution in [2.24, 2.45) is 0 Å². The number of carbonyl (C=O) groups is 1. The summed E-state index contributed by atoms with van der Waals surface area (Å²) in [5, 5.41) is 8.96. The van der Waals surface area contributed by atoms with Crippen molar-refractivity contribution in [3.63, 3.8) is 0 Å². The zero-order chi connectivity index (χ0) is 20.5. The van der Waals surface area contributed by atoms with Gasteiger partial charge in [-0.15, -0.1) is 0 Å². The predicted octanol–water partition coefficient (Wildman–Crippen LogP) is 2.61. The molecule has 7 nitrogen and oxygen atoms in total.